The molecule has 3 nitrogen and oxygen atoms in total. The predicted octanol–water partition coefficient (Wildman–Crippen LogP) is 3.85. The van der Waals surface area contributed by atoms with Crippen LogP contribution >= 0.6 is 11.3 Å². The van der Waals surface area contributed by atoms with Crippen molar-refractivity contribution in [2.24, 2.45) is 0 Å². The topological polar surface area (TPSA) is 52.5 Å². The lowest BCUT2D eigenvalue weighted by molar-refractivity contribution is 0.822. The molecule has 92 valence electrons. The Kier molecular flexibility index (Phi) is 2.09. The van der Waals surface area contributed by atoms with Crippen molar-refractivity contribution < 1.29 is 0 Å². The maximum absolute atomic E-state index is 9.21. The first-order valence-electron chi connectivity index (χ1n) is 6.26. The molecule has 0 atom stereocenters. The molecule has 2 aromatic heterocycles. The van der Waals surface area contributed by atoms with Crippen LogP contribution in [-0.2, 0) is 5.41 Å². The first-order chi connectivity index (χ1) is 9.32. The summed E-state index contributed by atoms with van der Waals surface area (Å²) in [4.78, 5) is 7.75. The van der Waals surface area contributed by atoms with E-state index in [0.29, 0.717) is 0 Å². The molecule has 1 saturated carbocycles. The molecule has 0 aliphatic heterocycles. The molecular formula is C15H11N3S. The molecule has 0 spiro atoms. The molecule has 0 radical (unpaired) electrons. The maximum Gasteiger partial charge on any atom is 0.127 e. The van der Waals surface area contributed by atoms with Crippen molar-refractivity contribution in [3.05, 3.63) is 41.7 Å². The summed E-state index contributed by atoms with van der Waals surface area (Å²) >= 11 is 1.73. The van der Waals surface area contributed by atoms with Crippen LogP contribution in [0.25, 0.3) is 21.3 Å². The SMILES string of the molecule is N#CC1(c2ncc(-c3csc4ccccc34)[nH]2)CC1. The number of rotatable bonds is 2. The van der Waals surface area contributed by atoms with Crippen LogP contribution in [0.3, 0.4) is 0 Å². The number of fused-ring (bicyclic) bond motifs is 1. The third-order valence-electron chi connectivity index (χ3n) is 3.76. The summed E-state index contributed by atoms with van der Waals surface area (Å²) in [5, 5.41) is 12.6. The number of nitrogens with zero attached hydrogens (tertiary/aromatic N) is 2. The van der Waals surface area contributed by atoms with E-state index in [1.807, 2.05) is 12.3 Å². The highest BCUT2D eigenvalue weighted by atomic mass is 32.1. The van der Waals surface area contributed by atoms with E-state index >= 15 is 0 Å². The highest BCUT2D eigenvalue weighted by Crippen LogP contribution is 2.46. The lowest BCUT2D eigenvalue weighted by Crippen LogP contribution is -2.04. The minimum absolute atomic E-state index is 0.343. The fourth-order valence-electron chi connectivity index (χ4n) is 2.41. The molecule has 0 unspecified atom stereocenters. The first-order valence-corrected chi connectivity index (χ1v) is 7.14. The van der Waals surface area contributed by atoms with E-state index in [4.69, 9.17) is 0 Å². The molecule has 0 amide bonds. The minimum Gasteiger partial charge on any atom is -0.341 e. The molecule has 0 saturated heterocycles. The quantitative estimate of drug-likeness (QED) is 0.765. The Balaban J connectivity index is 1.83. The number of nitrogens with one attached hydrogen (secondary N) is 1. The summed E-state index contributed by atoms with van der Waals surface area (Å²) in [6.07, 6.45) is 3.68. The van der Waals surface area contributed by atoms with Crippen LogP contribution in [0.5, 0.6) is 0 Å². The van der Waals surface area contributed by atoms with E-state index in [1.165, 1.54) is 15.6 Å². The Morgan fingerprint density at radius 3 is 2.95 bits per heavy atom. The Hall–Kier alpha value is -2.12. The van der Waals surface area contributed by atoms with Crippen LogP contribution in [0.1, 0.15) is 18.7 Å². The fourth-order valence-corrected chi connectivity index (χ4v) is 3.38. The van der Waals surface area contributed by atoms with Crippen LogP contribution in [-0.4, -0.2) is 9.97 Å². The number of aromatic nitrogens is 2. The molecule has 1 N–H and O–H groups in total. The zero-order valence-electron chi connectivity index (χ0n) is 10.2. The van der Waals surface area contributed by atoms with Gasteiger partial charge in [0.05, 0.1) is 18.0 Å². The van der Waals surface area contributed by atoms with Gasteiger partial charge in [0.2, 0.25) is 0 Å². The average molecular weight is 265 g/mol. The standard InChI is InChI=1S/C15H11N3S/c16-9-15(5-6-15)14-17-7-12(18-14)11-8-19-13-4-2-1-3-10(11)13/h1-4,7-8H,5-6H2,(H,17,18). The van der Waals surface area contributed by atoms with Crippen molar-refractivity contribution in [2.45, 2.75) is 18.3 Å². The van der Waals surface area contributed by atoms with Crippen molar-refractivity contribution in [1.82, 2.24) is 9.97 Å². The van der Waals surface area contributed by atoms with E-state index in [0.717, 1.165) is 24.4 Å². The Bertz CT molecular complexity index is 802. The van der Waals surface area contributed by atoms with Gasteiger partial charge in [0.1, 0.15) is 11.2 Å². The smallest absolute Gasteiger partial charge is 0.127 e. The lowest BCUT2D eigenvalue weighted by atomic mass is 10.1. The molecule has 4 heteroatoms. The molecule has 0 bridgehead atoms. The van der Waals surface area contributed by atoms with Gasteiger partial charge in [-0.25, -0.2) is 4.98 Å². The van der Waals surface area contributed by atoms with Crippen LogP contribution in [0.2, 0.25) is 0 Å². The molecule has 1 aliphatic carbocycles. The second kappa shape index (κ2) is 3.69. The van der Waals surface area contributed by atoms with Crippen molar-refractivity contribution in [3.63, 3.8) is 0 Å². The molecule has 4 rings (SSSR count). The van der Waals surface area contributed by atoms with Crippen LogP contribution in [0, 0.1) is 11.3 Å². The van der Waals surface area contributed by atoms with Crippen LogP contribution < -0.4 is 0 Å². The maximum atomic E-state index is 9.21. The van der Waals surface area contributed by atoms with E-state index in [2.05, 4.69) is 39.6 Å². The van der Waals surface area contributed by atoms with Gasteiger partial charge in [-0.3, -0.25) is 0 Å². The first kappa shape index (κ1) is 10.8. The number of hydrogen-bond donors (Lipinski definition) is 1. The number of H-pyrrole nitrogens is 1. The van der Waals surface area contributed by atoms with Gasteiger partial charge in [-0.1, -0.05) is 18.2 Å². The highest BCUT2D eigenvalue weighted by Gasteiger charge is 2.47. The van der Waals surface area contributed by atoms with E-state index in [-0.39, 0.29) is 5.41 Å². The molecule has 2 heterocycles. The second-order valence-corrected chi connectivity index (χ2v) is 5.90. The number of imidazole rings is 1. The van der Waals surface area contributed by atoms with Crippen molar-refractivity contribution >= 4 is 21.4 Å². The normalized spacial score (nSPS) is 16.4. The summed E-state index contributed by atoms with van der Waals surface area (Å²) in [5.74, 6) is 0.820. The third kappa shape index (κ3) is 1.52. The summed E-state index contributed by atoms with van der Waals surface area (Å²) in [6, 6.07) is 10.7. The van der Waals surface area contributed by atoms with Crippen molar-refractivity contribution in [1.29, 1.82) is 5.26 Å². The molecule has 1 aromatic carbocycles. The zero-order valence-corrected chi connectivity index (χ0v) is 11.0. The van der Waals surface area contributed by atoms with E-state index in [9.17, 15) is 5.26 Å². The van der Waals surface area contributed by atoms with Crippen LogP contribution in [0.15, 0.2) is 35.8 Å². The largest absolute Gasteiger partial charge is 0.341 e. The number of hydrogen-bond acceptors (Lipinski definition) is 3. The summed E-state index contributed by atoms with van der Waals surface area (Å²) < 4.78 is 1.27. The van der Waals surface area contributed by atoms with Gasteiger partial charge in [0.25, 0.3) is 0 Å². The monoisotopic (exact) mass is 265 g/mol. The lowest BCUT2D eigenvalue weighted by Gasteiger charge is -1.99. The predicted molar refractivity (Wildman–Crippen MR) is 75.9 cm³/mol. The Labute approximate surface area is 114 Å². The van der Waals surface area contributed by atoms with Gasteiger partial charge in [0.15, 0.2) is 0 Å². The van der Waals surface area contributed by atoms with Gasteiger partial charge < -0.3 is 4.98 Å². The molecular weight excluding hydrogens is 254 g/mol. The number of benzene rings is 1. The van der Waals surface area contributed by atoms with Crippen molar-refractivity contribution in [2.75, 3.05) is 0 Å². The van der Waals surface area contributed by atoms with Crippen molar-refractivity contribution in [3.8, 4) is 17.3 Å². The Morgan fingerprint density at radius 2 is 2.16 bits per heavy atom. The fraction of sp³-hybridized carbons (Fsp3) is 0.200. The van der Waals surface area contributed by atoms with Gasteiger partial charge in [0, 0.05) is 21.0 Å². The second-order valence-electron chi connectivity index (χ2n) is 4.98. The van der Waals surface area contributed by atoms with Gasteiger partial charge >= 0.3 is 0 Å². The number of nitriles is 1. The van der Waals surface area contributed by atoms with E-state index < -0.39 is 0 Å². The van der Waals surface area contributed by atoms with Crippen LogP contribution in [0.4, 0.5) is 0 Å². The summed E-state index contributed by atoms with van der Waals surface area (Å²) in [6.45, 7) is 0. The molecule has 1 fully saturated rings. The average Bonchev–Trinajstić information content (AvgIpc) is 2.90. The molecule has 3 aromatic rings. The van der Waals surface area contributed by atoms with E-state index in [1.54, 1.807) is 11.3 Å². The summed E-state index contributed by atoms with van der Waals surface area (Å²) in [7, 11) is 0. The highest BCUT2D eigenvalue weighted by molar-refractivity contribution is 7.17. The van der Waals surface area contributed by atoms with Gasteiger partial charge in [-0.15, -0.1) is 11.3 Å². The molecule has 1 aliphatic rings. The Morgan fingerprint density at radius 1 is 1.32 bits per heavy atom. The van der Waals surface area contributed by atoms with Gasteiger partial charge in [-0.05, 0) is 18.9 Å². The molecule has 19 heavy (non-hydrogen) atoms. The minimum atomic E-state index is -0.343. The number of thiophene rings is 1. The number of aromatic amines is 1. The van der Waals surface area contributed by atoms with Gasteiger partial charge in [-0.2, -0.15) is 5.26 Å². The summed E-state index contributed by atoms with van der Waals surface area (Å²) in [5.41, 5.74) is 1.84. The third-order valence-corrected chi connectivity index (χ3v) is 4.73. The zero-order chi connectivity index (χ0) is 12.9.